The first kappa shape index (κ1) is 9.22. The standard InChI is InChI=1S/C12H12ClN2/c1-15-11-6-5-9(13)7-10(11)14-12(15)8-3-2-4-8/h3,5-8H,2,4H2,1H3. The van der Waals surface area contributed by atoms with Crippen LogP contribution in [0.15, 0.2) is 18.2 Å². The van der Waals surface area contributed by atoms with Gasteiger partial charge in [0, 0.05) is 18.0 Å². The molecule has 77 valence electrons. The highest BCUT2D eigenvalue weighted by molar-refractivity contribution is 6.31. The molecule has 3 heteroatoms. The third-order valence-electron chi connectivity index (χ3n) is 3.14. The summed E-state index contributed by atoms with van der Waals surface area (Å²) >= 11 is 5.95. The molecule has 1 atom stereocenters. The van der Waals surface area contributed by atoms with Gasteiger partial charge < -0.3 is 4.57 Å². The van der Waals surface area contributed by atoms with Crippen LogP contribution in [0, 0.1) is 6.42 Å². The van der Waals surface area contributed by atoms with E-state index in [0.29, 0.717) is 5.92 Å². The molecule has 15 heavy (non-hydrogen) atoms. The highest BCUT2D eigenvalue weighted by Crippen LogP contribution is 2.36. The lowest BCUT2D eigenvalue weighted by Crippen LogP contribution is -2.14. The van der Waals surface area contributed by atoms with Crippen LogP contribution in [0.5, 0.6) is 0 Å². The number of fused-ring (bicyclic) bond motifs is 1. The van der Waals surface area contributed by atoms with E-state index < -0.39 is 0 Å². The number of rotatable bonds is 1. The van der Waals surface area contributed by atoms with Crippen LogP contribution in [-0.4, -0.2) is 9.55 Å². The second-order valence-electron chi connectivity index (χ2n) is 4.08. The second kappa shape index (κ2) is 3.24. The maximum Gasteiger partial charge on any atom is 0.113 e. The van der Waals surface area contributed by atoms with Crippen LogP contribution in [0.2, 0.25) is 5.02 Å². The molecule has 0 saturated heterocycles. The lowest BCUT2D eigenvalue weighted by Gasteiger charge is -2.24. The minimum Gasteiger partial charge on any atom is -0.331 e. The number of imidazole rings is 1. The van der Waals surface area contributed by atoms with E-state index in [1.54, 1.807) is 0 Å². The number of aryl methyl sites for hydroxylation is 1. The molecule has 1 aromatic heterocycles. The molecule has 1 fully saturated rings. The molecule has 1 aliphatic carbocycles. The average Bonchev–Trinajstić information content (AvgIpc) is 2.41. The van der Waals surface area contributed by atoms with Gasteiger partial charge in [-0.1, -0.05) is 11.6 Å². The van der Waals surface area contributed by atoms with Crippen molar-refractivity contribution in [2.45, 2.75) is 18.8 Å². The molecule has 3 rings (SSSR count). The van der Waals surface area contributed by atoms with Crippen LogP contribution in [0.25, 0.3) is 11.0 Å². The minimum absolute atomic E-state index is 0.543. The topological polar surface area (TPSA) is 17.8 Å². The van der Waals surface area contributed by atoms with Crippen molar-refractivity contribution in [1.82, 2.24) is 9.55 Å². The average molecular weight is 220 g/mol. The first-order chi connectivity index (χ1) is 7.25. The molecule has 1 aromatic carbocycles. The van der Waals surface area contributed by atoms with Gasteiger partial charge in [-0.3, -0.25) is 0 Å². The summed E-state index contributed by atoms with van der Waals surface area (Å²) < 4.78 is 2.17. The Balaban J connectivity index is 2.19. The van der Waals surface area contributed by atoms with Gasteiger partial charge in [-0.05, 0) is 37.5 Å². The molecule has 1 aliphatic rings. The molecule has 1 radical (unpaired) electrons. The van der Waals surface area contributed by atoms with Crippen molar-refractivity contribution in [3.63, 3.8) is 0 Å². The lowest BCUT2D eigenvalue weighted by atomic mass is 9.85. The number of hydrogen-bond donors (Lipinski definition) is 0. The zero-order chi connectivity index (χ0) is 10.4. The van der Waals surface area contributed by atoms with Gasteiger partial charge in [0.2, 0.25) is 0 Å². The van der Waals surface area contributed by atoms with Gasteiger partial charge in [0.25, 0.3) is 0 Å². The van der Waals surface area contributed by atoms with Crippen molar-refractivity contribution in [2.75, 3.05) is 0 Å². The van der Waals surface area contributed by atoms with Crippen molar-refractivity contribution >= 4 is 22.6 Å². The van der Waals surface area contributed by atoms with Crippen LogP contribution in [0.4, 0.5) is 0 Å². The van der Waals surface area contributed by atoms with Crippen LogP contribution in [0.3, 0.4) is 0 Å². The summed E-state index contributed by atoms with van der Waals surface area (Å²) in [5.41, 5.74) is 2.16. The Morgan fingerprint density at radius 1 is 1.47 bits per heavy atom. The molecular weight excluding hydrogens is 208 g/mol. The van der Waals surface area contributed by atoms with E-state index in [1.807, 2.05) is 18.2 Å². The van der Waals surface area contributed by atoms with E-state index in [1.165, 1.54) is 18.7 Å². The Labute approximate surface area is 93.9 Å². The summed E-state index contributed by atoms with van der Waals surface area (Å²) in [7, 11) is 2.07. The first-order valence-electron chi connectivity index (χ1n) is 5.21. The van der Waals surface area contributed by atoms with Gasteiger partial charge in [-0.25, -0.2) is 4.98 Å². The summed E-state index contributed by atoms with van der Waals surface area (Å²) in [5, 5.41) is 0.754. The van der Waals surface area contributed by atoms with E-state index in [4.69, 9.17) is 11.6 Å². The summed E-state index contributed by atoms with van der Waals surface area (Å²) in [5.74, 6) is 1.71. The molecule has 1 saturated carbocycles. The predicted octanol–water partition coefficient (Wildman–Crippen LogP) is 3.31. The van der Waals surface area contributed by atoms with Gasteiger partial charge in [-0.2, -0.15) is 0 Å². The van der Waals surface area contributed by atoms with E-state index in [9.17, 15) is 0 Å². The molecule has 0 amide bonds. The molecule has 0 aliphatic heterocycles. The smallest absolute Gasteiger partial charge is 0.113 e. The number of aromatic nitrogens is 2. The maximum absolute atomic E-state index is 5.95. The first-order valence-corrected chi connectivity index (χ1v) is 5.59. The highest BCUT2D eigenvalue weighted by Gasteiger charge is 2.24. The third kappa shape index (κ3) is 1.36. The summed E-state index contributed by atoms with van der Waals surface area (Å²) in [6.07, 6.45) is 4.77. The van der Waals surface area contributed by atoms with E-state index >= 15 is 0 Å². The number of benzene rings is 1. The van der Waals surface area contributed by atoms with Crippen LogP contribution in [-0.2, 0) is 7.05 Å². The normalized spacial score (nSPS) is 16.9. The van der Waals surface area contributed by atoms with Crippen LogP contribution in [0.1, 0.15) is 24.6 Å². The van der Waals surface area contributed by atoms with E-state index in [0.717, 1.165) is 16.1 Å². The zero-order valence-electron chi connectivity index (χ0n) is 8.57. The van der Waals surface area contributed by atoms with Gasteiger partial charge in [0.1, 0.15) is 5.82 Å². The number of halogens is 1. The number of nitrogens with zero attached hydrogens (tertiary/aromatic N) is 2. The molecule has 2 nitrogen and oxygen atoms in total. The SMILES string of the molecule is Cn1c(C2[CH]CC2)nc2cc(Cl)ccc21. The zero-order valence-corrected chi connectivity index (χ0v) is 9.33. The van der Waals surface area contributed by atoms with Crippen molar-refractivity contribution in [2.24, 2.45) is 7.05 Å². The molecule has 2 aromatic rings. The Hall–Kier alpha value is -1.02. The van der Waals surface area contributed by atoms with Gasteiger partial charge >= 0.3 is 0 Å². The number of hydrogen-bond acceptors (Lipinski definition) is 1. The third-order valence-corrected chi connectivity index (χ3v) is 3.37. The Morgan fingerprint density at radius 2 is 2.27 bits per heavy atom. The van der Waals surface area contributed by atoms with Crippen LogP contribution >= 0.6 is 11.6 Å². The molecule has 0 N–H and O–H groups in total. The fourth-order valence-electron chi connectivity index (χ4n) is 2.09. The molecule has 1 unspecified atom stereocenters. The Bertz CT molecular complexity index is 512. The van der Waals surface area contributed by atoms with E-state index in [2.05, 4.69) is 23.0 Å². The fraction of sp³-hybridized carbons (Fsp3) is 0.333. The quantitative estimate of drug-likeness (QED) is 0.720. The van der Waals surface area contributed by atoms with Crippen molar-refractivity contribution < 1.29 is 0 Å². The Kier molecular flexibility index (Phi) is 1.99. The monoisotopic (exact) mass is 219 g/mol. The maximum atomic E-state index is 5.95. The fourth-order valence-corrected chi connectivity index (χ4v) is 2.26. The summed E-state index contributed by atoms with van der Waals surface area (Å²) in [6, 6.07) is 5.88. The molecule has 0 spiro atoms. The van der Waals surface area contributed by atoms with Crippen molar-refractivity contribution in [3.8, 4) is 0 Å². The van der Waals surface area contributed by atoms with Gasteiger partial charge in [0.15, 0.2) is 0 Å². The van der Waals surface area contributed by atoms with Crippen molar-refractivity contribution in [1.29, 1.82) is 0 Å². The highest BCUT2D eigenvalue weighted by atomic mass is 35.5. The largest absolute Gasteiger partial charge is 0.331 e. The van der Waals surface area contributed by atoms with Crippen LogP contribution < -0.4 is 0 Å². The summed E-state index contributed by atoms with van der Waals surface area (Å²) in [6.45, 7) is 0. The van der Waals surface area contributed by atoms with Gasteiger partial charge in [-0.15, -0.1) is 0 Å². The molecular formula is C12H12ClN2. The molecule has 0 bridgehead atoms. The molecule has 1 heterocycles. The van der Waals surface area contributed by atoms with Gasteiger partial charge in [0.05, 0.1) is 11.0 Å². The predicted molar refractivity (Wildman–Crippen MR) is 62.0 cm³/mol. The van der Waals surface area contributed by atoms with Crippen molar-refractivity contribution in [3.05, 3.63) is 35.5 Å². The Morgan fingerprint density at radius 3 is 2.93 bits per heavy atom. The van der Waals surface area contributed by atoms with E-state index in [-0.39, 0.29) is 0 Å². The summed E-state index contributed by atoms with van der Waals surface area (Å²) in [4.78, 5) is 4.64. The minimum atomic E-state index is 0.543. The second-order valence-corrected chi connectivity index (χ2v) is 4.52. The lowest BCUT2D eigenvalue weighted by molar-refractivity contribution is 0.514.